The maximum Gasteiger partial charge on any atom is 0.355 e. The Balaban J connectivity index is 1.48. The van der Waals surface area contributed by atoms with Crippen LogP contribution in [0.4, 0.5) is 0 Å². The zero-order valence-electron chi connectivity index (χ0n) is 19.5. The summed E-state index contributed by atoms with van der Waals surface area (Å²) in [6.07, 6.45) is 13.7. The first-order valence-corrected chi connectivity index (χ1v) is 12.3. The van der Waals surface area contributed by atoms with Crippen molar-refractivity contribution in [3.8, 4) is 11.1 Å². The van der Waals surface area contributed by atoms with E-state index in [2.05, 4.69) is 16.6 Å². The van der Waals surface area contributed by atoms with Crippen LogP contribution in [0.1, 0.15) is 86.0 Å². The average molecular weight is 447 g/mol. The molecule has 2 heterocycles. The summed E-state index contributed by atoms with van der Waals surface area (Å²) in [5, 5.41) is 14.3. The zero-order chi connectivity index (χ0) is 23.0. The van der Waals surface area contributed by atoms with Crippen molar-refractivity contribution < 1.29 is 9.90 Å². The number of carbonyl (C=O) groups is 1. The molecule has 1 aliphatic carbocycles. The number of hydrogen-bond acceptors (Lipinski definition) is 4. The number of hydrogen-bond donors (Lipinski definition) is 1. The average Bonchev–Trinajstić information content (AvgIpc) is 3.24. The van der Waals surface area contributed by atoms with Crippen molar-refractivity contribution in [3.05, 3.63) is 65.5 Å². The summed E-state index contributed by atoms with van der Waals surface area (Å²) < 4.78 is 2.06. The molecule has 0 bridgehead atoms. The second-order valence-corrected chi connectivity index (χ2v) is 9.15. The van der Waals surface area contributed by atoms with Gasteiger partial charge in [0.15, 0.2) is 11.5 Å². The van der Waals surface area contributed by atoms with Gasteiger partial charge in [0.25, 0.3) is 0 Å². The number of carboxylic acids is 1. The van der Waals surface area contributed by atoms with Crippen LogP contribution in [-0.4, -0.2) is 30.8 Å². The topological polar surface area (TPSA) is 80.9 Å². The zero-order valence-corrected chi connectivity index (χ0v) is 19.5. The summed E-state index contributed by atoms with van der Waals surface area (Å²) in [5.74, 6) is 1.86. The molecule has 0 saturated heterocycles. The molecule has 0 amide bonds. The van der Waals surface area contributed by atoms with Gasteiger partial charge in [0.1, 0.15) is 5.82 Å². The van der Waals surface area contributed by atoms with Gasteiger partial charge in [-0.15, -0.1) is 0 Å². The van der Waals surface area contributed by atoms with Crippen molar-refractivity contribution in [1.82, 2.24) is 19.7 Å². The fraction of sp³-hybridized carbons (Fsp3) is 0.481. The molecule has 174 valence electrons. The van der Waals surface area contributed by atoms with Crippen molar-refractivity contribution in [2.45, 2.75) is 77.7 Å². The monoisotopic (exact) mass is 446 g/mol. The number of aryl methyl sites for hydroxylation is 2. The van der Waals surface area contributed by atoms with Gasteiger partial charge in [0.2, 0.25) is 0 Å². The lowest BCUT2D eigenvalue weighted by Gasteiger charge is -2.20. The molecule has 3 aromatic rings. The molecule has 6 nitrogen and oxygen atoms in total. The fourth-order valence-corrected chi connectivity index (χ4v) is 4.76. The lowest BCUT2D eigenvalue weighted by atomic mass is 9.86. The van der Waals surface area contributed by atoms with E-state index in [1.165, 1.54) is 44.7 Å². The summed E-state index contributed by atoms with van der Waals surface area (Å²) in [4.78, 5) is 20.4. The van der Waals surface area contributed by atoms with Gasteiger partial charge in [-0.05, 0) is 36.0 Å². The van der Waals surface area contributed by atoms with Crippen molar-refractivity contribution >= 4 is 5.97 Å². The van der Waals surface area contributed by atoms with E-state index >= 15 is 0 Å². The lowest BCUT2D eigenvalue weighted by molar-refractivity contribution is 0.0691. The Hall–Kier alpha value is -3.02. The van der Waals surface area contributed by atoms with Crippen LogP contribution in [0.15, 0.2) is 42.6 Å². The molecule has 1 aromatic carbocycles. The molecule has 1 fully saturated rings. The lowest BCUT2D eigenvalue weighted by Crippen LogP contribution is -2.08. The third-order valence-corrected chi connectivity index (χ3v) is 6.65. The van der Waals surface area contributed by atoms with E-state index in [1.807, 2.05) is 24.3 Å². The van der Waals surface area contributed by atoms with E-state index in [0.29, 0.717) is 12.1 Å². The van der Waals surface area contributed by atoms with Crippen LogP contribution in [0.5, 0.6) is 0 Å². The fourth-order valence-electron chi connectivity index (χ4n) is 4.76. The Kier molecular flexibility index (Phi) is 7.87. The molecule has 0 unspecified atom stereocenters. The minimum atomic E-state index is -1.02. The molecule has 6 heteroatoms. The van der Waals surface area contributed by atoms with Gasteiger partial charge in [0, 0.05) is 24.6 Å². The molecule has 0 atom stereocenters. The number of aromatic carboxylic acids is 1. The van der Waals surface area contributed by atoms with Gasteiger partial charge >= 0.3 is 5.97 Å². The van der Waals surface area contributed by atoms with E-state index < -0.39 is 5.97 Å². The maximum absolute atomic E-state index is 11.5. The normalized spacial score (nSPS) is 14.5. The van der Waals surface area contributed by atoms with Gasteiger partial charge in [-0.3, -0.25) is 0 Å². The first-order valence-electron chi connectivity index (χ1n) is 12.3. The van der Waals surface area contributed by atoms with Crippen LogP contribution in [0.25, 0.3) is 11.1 Å². The van der Waals surface area contributed by atoms with Crippen LogP contribution >= 0.6 is 0 Å². The Morgan fingerprint density at radius 1 is 1.09 bits per heavy atom. The van der Waals surface area contributed by atoms with E-state index in [4.69, 9.17) is 10.1 Å². The predicted octanol–water partition coefficient (Wildman–Crippen LogP) is 5.94. The summed E-state index contributed by atoms with van der Waals surface area (Å²) in [6.45, 7) is 2.88. The second-order valence-electron chi connectivity index (χ2n) is 9.15. The van der Waals surface area contributed by atoms with Crippen LogP contribution in [-0.2, 0) is 19.4 Å². The van der Waals surface area contributed by atoms with Crippen molar-refractivity contribution in [3.63, 3.8) is 0 Å². The number of pyridine rings is 1. The maximum atomic E-state index is 11.5. The highest BCUT2D eigenvalue weighted by molar-refractivity contribution is 5.93. The molecular weight excluding hydrogens is 412 g/mol. The van der Waals surface area contributed by atoms with Gasteiger partial charge in [0.05, 0.1) is 6.54 Å². The third kappa shape index (κ3) is 6.06. The molecule has 33 heavy (non-hydrogen) atoms. The van der Waals surface area contributed by atoms with Crippen molar-refractivity contribution in [1.29, 1.82) is 0 Å². The number of nitrogens with zero attached hydrogens (tertiary/aromatic N) is 4. The quantitative estimate of drug-likeness (QED) is 0.417. The van der Waals surface area contributed by atoms with E-state index in [9.17, 15) is 9.90 Å². The van der Waals surface area contributed by atoms with E-state index in [1.54, 1.807) is 12.1 Å². The molecule has 0 radical (unpaired) electrons. The van der Waals surface area contributed by atoms with Crippen molar-refractivity contribution in [2.24, 2.45) is 5.92 Å². The summed E-state index contributed by atoms with van der Waals surface area (Å²) in [6, 6.07) is 11.6. The van der Waals surface area contributed by atoms with Crippen LogP contribution < -0.4 is 0 Å². The SMILES string of the molecule is CCCCc1nc(CCC2CCCCC2)nn1Cc1ccc(-c2cccnc2C(=O)O)cc1. The Labute approximate surface area is 196 Å². The molecule has 0 spiro atoms. The van der Waals surface area contributed by atoms with Gasteiger partial charge < -0.3 is 5.11 Å². The molecule has 0 aliphatic heterocycles. The van der Waals surface area contributed by atoms with Gasteiger partial charge in [-0.1, -0.05) is 75.8 Å². The van der Waals surface area contributed by atoms with Crippen LogP contribution in [0.2, 0.25) is 0 Å². The van der Waals surface area contributed by atoms with Crippen LogP contribution in [0, 0.1) is 5.92 Å². The van der Waals surface area contributed by atoms with Gasteiger partial charge in [-0.25, -0.2) is 19.4 Å². The number of benzene rings is 1. The minimum Gasteiger partial charge on any atom is -0.476 e. The third-order valence-electron chi connectivity index (χ3n) is 6.65. The molecular formula is C27H34N4O2. The smallest absolute Gasteiger partial charge is 0.355 e. The Bertz CT molecular complexity index is 1050. The van der Waals surface area contributed by atoms with E-state index in [0.717, 1.165) is 54.4 Å². The second kappa shape index (κ2) is 11.2. The van der Waals surface area contributed by atoms with Crippen LogP contribution in [0.3, 0.4) is 0 Å². The standard InChI is InChI=1S/C27H34N4O2/c1-2-3-11-25-29-24(17-14-20-8-5-4-6-9-20)30-31(25)19-21-12-15-22(16-13-21)23-10-7-18-28-26(23)27(32)33/h7,10,12-13,15-16,18,20H,2-6,8-9,11,14,17,19H2,1H3,(H,32,33). The Morgan fingerprint density at radius 3 is 2.61 bits per heavy atom. The number of aromatic nitrogens is 4. The Morgan fingerprint density at radius 2 is 1.88 bits per heavy atom. The summed E-state index contributed by atoms with van der Waals surface area (Å²) in [7, 11) is 0. The highest BCUT2D eigenvalue weighted by Gasteiger charge is 2.17. The first-order chi connectivity index (χ1) is 16.1. The highest BCUT2D eigenvalue weighted by atomic mass is 16.4. The molecule has 4 rings (SSSR count). The summed E-state index contributed by atoms with van der Waals surface area (Å²) in [5.41, 5.74) is 2.68. The molecule has 1 saturated carbocycles. The first kappa shape index (κ1) is 23.1. The summed E-state index contributed by atoms with van der Waals surface area (Å²) >= 11 is 0. The molecule has 1 N–H and O–H groups in total. The minimum absolute atomic E-state index is 0.0750. The highest BCUT2D eigenvalue weighted by Crippen LogP contribution is 2.27. The molecule has 2 aromatic heterocycles. The number of unbranched alkanes of at least 4 members (excludes halogenated alkanes) is 1. The number of carboxylic acid groups (broad SMARTS) is 1. The number of rotatable bonds is 10. The largest absolute Gasteiger partial charge is 0.476 e. The molecule has 1 aliphatic rings. The van der Waals surface area contributed by atoms with Gasteiger partial charge in [-0.2, -0.15) is 5.10 Å². The predicted molar refractivity (Wildman–Crippen MR) is 129 cm³/mol. The van der Waals surface area contributed by atoms with Crippen molar-refractivity contribution in [2.75, 3.05) is 0 Å². The van der Waals surface area contributed by atoms with E-state index in [-0.39, 0.29) is 5.69 Å².